The monoisotopic (exact) mass is 632 g/mol. The summed E-state index contributed by atoms with van der Waals surface area (Å²) >= 11 is 6.85. The summed E-state index contributed by atoms with van der Waals surface area (Å²) in [6.45, 7) is 6.54. The lowest BCUT2D eigenvalue weighted by atomic mass is 10.2. The van der Waals surface area contributed by atoms with Crippen molar-refractivity contribution in [3.63, 3.8) is 0 Å². The standard InChI is InChI=1S/C33H37ClN6O5/c1-3-4-17-44-32(42)39-15-14-38(27(41)21-39)16-18-43-24-10-11-25(26(34)19-24)29-37-28-30(40(29)20-23-8-6-5-7-9-23)35-22-36-31(28)45-33(2)12-13-33/h5-11,19,22H,3-4,12-18,20-21H2,1-2H3. The number of halogens is 1. The summed E-state index contributed by atoms with van der Waals surface area (Å²) in [5, 5.41) is 0.466. The van der Waals surface area contributed by atoms with Gasteiger partial charge in [-0.1, -0.05) is 55.3 Å². The van der Waals surface area contributed by atoms with Crippen LogP contribution in [0.5, 0.6) is 11.6 Å². The van der Waals surface area contributed by atoms with Crippen molar-refractivity contribution in [1.82, 2.24) is 29.3 Å². The van der Waals surface area contributed by atoms with Crippen LogP contribution in [0.25, 0.3) is 22.6 Å². The summed E-state index contributed by atoms with van der Waals surface area (Å²) in [7, 11) is 0. The Morgan fingerprint density at radius 1 is 1.07 bits per heavy atom. The number of hydrogen-bond acceptors (Lipinski definition) is 8. The molecule has 11 nitrogen and oxygen atoms in total. The zero-order chi connectivity index (χ0) is 31.4. The molecule has 4 aromatic rings. The van der Waals surface area contributed by atoms with Gasteiger partial charge in [-0.3, -0.25) is 9.69 Å². The smallest absolute Gasteiger partial charge is 0.410 e. The molecule has 2 aliphatic rings. The Morgan fingerprint density at radius 3 is 2.62 bits per heavy atom. The Kier molecular flexibility index (Phi) is 9.07. The highest BCUT2D eigenvalue weighted by Crippen LogP contribution is 2.41. The predicted octanol–water partition coefficient (Wildman–Crippen LogP) is 5.59. The maximum Gasteiger partial charge on any atom is 0.410 e. The fourth-order valence-electron chi connectivity index (χ4n) is 5.16. The fourth-order valence-corrected chi connectivity index (χ4v) is 5.41. The van der Waals surface area contributed by atoms with E-state index in [1.54, 1.807) is 11.0 Å². The van der Waals surface area contributed by atoms with E-state index in [1.807, 2.05) is 41.8 Å². The van der Waals surface area contributed by atoms with Crippen molar-refractivity contribution >= 4 is 34.8 Å². The van der Waals surface area contributed by atoms with Gasteiger partial charge in [0.1, 0.15) is 36.7 Å². The average Bonchev–Trinajstić information content (AvgIpc) is 3.66. The number of carbonyl (C=O) groups excluding carboxylic acids is 2. The molecule has 2 amide bonds. The van der Waals surface area contributed by atoms with Crippen molar-refractivity contribution < 1.29 is 23.8 Å². The molecule has 1 saturated carbocycles. The molecule has 6 rings (SSSR count). The van der Waals surface area contributed by atoms with Crippen LogP contribution in [0.2, 0.25) is 5.02 Å². The van der Waals surface area contributed by atoms with Crippen LogP contribution in [-0.2, 0) is 16.1 Å². The molecule has 2 aromatic heterocycles. The lowest BCUT2D eigenvalue weighted by Crippen LogP contribution is -2.53. The van der Waals surface area contributed by atoms with E-state index >= 15 is 0 Å². The molecular formula is C33H37ClN6O5. The Bertz CT molecular complexity index is 1680. The highest BCUT2D eigenvalue weighted by molar-refractivity contribution is 6.33. The third-order valence-electron chi connectivity index (χ3n) is 8.09. The minimum absolute atomic E-state index is 0.00579. The van der Waals surface area contributed by atoms with E-state index < -0.39 is 6.09 Å². The Morgan fingerprint density at radius 2 is 1.89 bits per heavy atom. The van der Waals surface area contributed by atoms with Crippen LogP contribution in [0.1, 0.15) is 45.1 Å². The maximum atomic E-state index is 12.7. The molecule has 0 unspecified atom stereocenters. The number of amides is 2. The molecule has 1 aliphatic carbocycles. The first-order chi connectivity index (χ1) is 21.8. The van der Waals surface area contributed by atoms with Gasteiger partial charge in [-0.25, -0.2) is 14.8 Å². The van der Waals surface area contributed by atoms with Crippen molar-refractivity contribution in [3.05, 3.63) is 65.4 Å². The van der Waals surface area contributed by atoms with E-state index in [0.29, 0.717) is 66.4 Å². The van der Waals surface area contributed by atoms with Gasteiger partial charge < -0.3 is 23.7 Å². The second kappa shape index (κ2) is 13.3. The molecule has 0 radical (unpaired) electrons. The van der Waals surface area contributed by atoms with Crippen molar-refractivity contribution in [2.75, 3.05) is 39.4 Å². The molecule has 1 saturated heterocycles. The first-order valence-electron chi connectivity index (χ1n) is 15.4. The van der Waals surface area contributed by atoms with E-state index in [1.165, 1.54) is 11.2 Å². The van der Waals surface area contributed by atoms with Crippen LogP contribution in [0.3, 0.4) is 0 Å². The molecule has 12 heteroatoms. The van der Waals surface area contributed by atoms with Crippen molar-refractivity contribution in [2.24, 2.45) is 0 Å². The quantitative estimate of drug-likeness (QED) is 0.186. The molecule has 2 aromatic carbocycles. The Balaban J connectivity index is 1.15. The second-order valence-corrected chi connectivity index (χ2v) is 12.1. The summed E-state index contributed by atoms with van der Waals surface area (Å²) in [5.41, 5.74) is 2.84. The zero-order valence-corrected chi connectivity index (χ0v) is 26.3. The topological polar surface area (TPSA) is 112 Å². The molecule has 0 atom stereocenters. The molecule has 0 bridgehead atoms. The number of hydrogen-bond donors (Lipinski definition) is 0. The largest absolute Gasteiger partial charge is 0.492 e. The first-order valence-corrected chi connectivity index (χ1v) is 15.8. The highest BCUT2D eigenvalue weighted by atomic mass is 35.5. The van der Waals surface area contributed by atoms with Crippen LogP contribution in [0.4, 0.5) is 4.79 Å². The van der Waals surface area contributed by atoms with Gasteiger partial charge in [0.15, 0.2) is 11.2 Å². The maximum absolute atomic E-state index is 12.7. The summed E-state index contributed by atoms with van der Waals surface area (Å²) < 4.78 is 19.5. The van der Waals surface area contributed by atoms with E-state index in [0.717, 1.165) is 36.8 Å². The lowest BCUT2D eigenvalue weighted by Gasteiger charge is -2.33. The van der Waals surface area contributed by atoms with Crippen LogP contribution in [-0.4, -0.2) is 86.3 Å². The third kappa shape index (κ3) is 7.14. The SMILES string of the molecule is CCCCOC(=O)N1CCN(CCOc2ccc(-c3nc4c(OC5(C)CC5)ncnc4n3Cc3ccccc3)c(Cl)c2)C(=O)C1. The van der Waals surface area contributed by atoms with Gasteiger partial charge in [-0.2, -0.15) is 4.98 Å². The third-order valence-corrected chi connectivity index (χ3v) is 8.40. The Hall–Kier alpha value is -4.38. The van der Waals surface area contributed by atoms with Gasteiger partial charge in [0.2, 0.25) is 11.8 Å². The molecule has 0 spiro atoms. The van der Waals surface area contributed by atoms with Gasteiger partial charge in [-0.15, -0.1) is 0 Å². The number of fused-ring (bicyclic) bond motifs is 1. The first kappa shape index (κ1) is 30.6. The summed E-state index contributed by atoms with van der Waals surface area (Å²) in [6, 6.07) is 15.6. The Labute approximate surface area is 267 Å². The summed E-state index contributed by atoms with van der Waals surface area (Å²) in [6.07, 6.45) is 4.77. The molecular weight excluding hydrogens is 596 g/mol. The van der Waals surface area contributed by atoms with E-state index in [-0.39, 0.29) is 24.7 Å². The fraction of sp³-hybridized carbons (Fsp3) is 0.424. The van der Waals surface area contributed by atoms with Gasteiger partial charge in [0.05, 0.1) is 24.7 Å². The number of imidazole rings is 1. The van der Waals surface area contributed by atoms with E-state index in [9.17, 15) is 9.59 Å². The summed E-state index contributed by atoms with van der Waals surface area (Å²) in [4.78, 5) is 42.0. The minimum Gasteiger partial charge on any atom is -0.492 e. The van der Waals surface area contributed by atoms with Crippen LogP contribution >= 0.6 is 11.6 Å². The molecule has 0 N–H and O–H groups in total. The van der Waals surface area contributed by atoms with Crippen LogP contribution < -0.4 is 9.47 Å². The van der Waals surface area contributed by atoms with Gasteiger partial charge in [0, 0.05) is 18.7 Å². The zero-order valence-electron chi connectivity index (χ0n) is 25.6. The van der Waals surface area contributed by atoms with Crippen molar-refractivity contribution in [3.8, 4) is 23.0 Å². The minimum atomic E-state index is -0.437. The number of nitrogens with zero attached hydrogens (tertiary/aromatic N) is 6. The number of rotatable bonds is 12. The van der Waals surface area contributed by atoms with Crippen LogP contribution in [0.15, 0.2) is 54.9 Å². The average molecular weight is 633 g/mol. The normalized spacial score (nSPS) is 15.8. The molecule has 45 heavy (non-hydrogen) atoms. The number of piperazine rings is 1. The lowest BCUT2D eigenvalue weighted by molar-refractivity contribution is -0.135. The second-order valence-electron chi connectivity index (χ2n) is 11.7. The van der Waals surface area contributed by atoms with Gasteiger partial charge in [0.25, 0.3) is 0 Å². The summed E-state index contributed by atoms with van der Waals surface area (Å²) in [5.74, 6) is 1.55. The molecule has 3 heterocycles. The number of carbonyl (C=O) groups is 2. The van der Waals surface area contributed by atoms with Crippen molar-refractivity contribution in [1.29, 1.82) is 0 Å². The molecule has 236 valence electrons. The molecule has 1 aliphatic heterocycles. The number of aromatic nitrogens is 4. The molecule has 2 fully saturated rings. The number of benzene rings is 2. The van der Waals surface area contributed by atoms with Crippen LogP contribution in [0, 0.1) is 0 Å². The van der Waals surface area contributed by atoms with Gasteiger partial charge in [-0.05, 0) is 49.9 Å². The number of unbranched alkanes of at least 4 members (excludes halogenated alkanes) is 1. The van der Waals surface area contributed by atoms with Gasteiger partial charge >= 0.3 is 6.09 Å². The van der Waals surface area contributed by atoms with Crippen molar-refractivity contribution in [2.45, 2.75) is 51.7 Å². The van der Waals surface area contributed by atoms with E-state index in [4.69, 9.17) is 30.8 Å². The number of ether oxygens (including phenoxy) is 3. The van der Waals surface area contributed by atoms with E-state index in [2.05, 4.69) is 29.0 Å². The highest BCUT2D eigenvalue weighted by Gasteiger charge is 2.41. The predicted molar refractivity (Wildman–Crippen MR) is 169 cm³/mol.